The number of fused-ring (bicyclic) bond motifs is 1. The van der Waals surface area contributed by atoms with Crippen LogP contribution in [0, 0.1) is 0 Å². The van der Waals surface area contributed by atoms with Crippen molar-refractivity contribution in [2.75, 3.05) is 42.2 Å². The predicted molar refractivity (Wildman–Crippen MR) is 117 cm³/mol. The van der Waals surface area contributed by atoms with Crippen molar-refractivity contribution in [2.24, 2.45) is 0 Å². The molecular formula is C22H30N6O2. The minimum Gasteiger partial charge on any atom is -0.463 e. The maximum Gasteiger partial charge on any atom is 0.320 e. The monoisotopic (exact) mass is 411 g/mol. The number of carbonyl (C=O) groups is 1. The second-order valence-electron chi connectivity index (χ2n) is 7.82. The molecule has 1 aromatic heterocycles. The molecule has 1 saturated heterocycles. The second kappa shape index (κ2) is 9.30. The molecule has 1 aromatic carbocycles. The van der Waals surface area contributed by atoms with Crippen LogP contribution < -0.4 is 20.7 Å². The number of carbonyl (C=O) groups excluding carboxylic acids is 1. The van der Waals surface area contributed by atoms with Gasteiger partial charge in [0.25, 0.3) is 0 Å². The number of aromatic nitrogens is 2. The van der Waals surface area contributed by atoms with Gasteiger partial charge in [0.05, 0.1) is 14.5 Å². The summed E-state index contributed by atoms with van der Waals surface area (Å²) in [5.41, 5.74) is 8.42. The third-order valence-corrected chi connectivity index (χ3v) is 5.37. The molecule has 2 aliphatic rings. The number of nitrogens with one attached hydrogen (secondary N) is 1. The number of rotatable bonds is 8. The Balaban J connectivity index is 1.55. The average molecular weight is 412 g/mol. The van der Waals surface area contributed by atoms with Crippen molar-refractivity contribution in [3.05, 3.63) is 35.4 Å². The van der Waals surface area contributed by atoms with E-state index in [1.807, 2.05) is 12.1 Å². The normalized spacial score (nSPS) is 18.0. The van der Waals surface area contributed by atoms with Crippen LogP contribution in [0.3, 0.4) is 0 Å². The first-order valence-electron chi connectivity index (χ1n) is 11.2. The highest BCUT2D eigenvalue weighted by atomic mass is 16.5. The topological polar surface area (TPSA) is 96.6 Å². The van der Waals surface area contributed by atoms with E-state index in [4.69, 9.17) is 11.8 Å². The lowest BCUT2D eigenvalue weighted by molar-refractivity contribution is -0.115. The van der Waals surface area contributed by atoms with Crippen LogP contribution in [0.2, 0.25) is 0 Å². The zero-order valence-electron chi connectivity index (χ0n) is 18.4. The minimum atomic E-state index is -0.802. The van der Waals surface area contributed by atoms with Gasteiger partial charge in [-0.1, -0.05) is 37.6 Å². The Bertz CT molecular complexity index is 917. The number of hydrogen-bond donors (Lipinski definition) is 2. The van der Waals surface area contributed by atoms with E-state index in [0.29, 0.717) is 18.1 Å². The molecule has 0 radical (unpaired) electrons. The number of likely N-dealkylation sites (tertiary alicyclic amines) is 1. The van der Waals surface area contributed by atoms with Gasteiger partial charge in [-0.25, -0.2) is 0 Å². The van der Waals surface area contributed by atoms with Gasteiger partial charge in [0.2, 0.25) is 5.91 Å². The van der Waals surface area contributed by atoms with Gasteiger partial charge >= 0.3 is 6.01 Å². The summed E-state index contributed by atoms with van der Waals surface area (Å²) in [6.45, 7) is 5.00. The molecule has 4 rings (SSSR count). The van der Waals surface area contributed by atoms with E-state index in [1.165, 1.54) is 18.4 Å². The molecule has 3 N–H and O–H groups in total. The minimum absolute atomic E-state index is 0.0154. The van der Waals surface area contributed by atoms with E-state index in [0.717, 1.165) is 38.0 Å². The Labute approximate surface area is 178 Å². The highest BCUT2D eigenvalue weighted by Crippen LogP contribution is 2.34. The van der Waals surface area contributed by atoms with Crippen molar-refractivity contribution >= 4 is 23.2 Å². The number of nitrogen functional groups attached to an aromatic ring is 1. The molecule has 0 spiro atoms. The van der Waals surface area contributed by atoms with Gasteiger partial charge in [-0.2, -0.15) is 9.97 Å². The smallest absolute Gasteiger partial charge is 0.320 e. The zero-order chi connectivity index (χ0) is 21.8. The van der Waals surface area contributed by atoms with Crippen LogP contribution in [0.4, 0.5) is 17.3 Å². The lowest BCUT2D eigenvalue weighted by Gasteiger charge is -2.30. The van der Waals surface area contributed by atoms with Gasteiger partial charge in [0, 0.05) is 13.1 Å². The van der Waals surface area contributed by atoms with Crippen LogP contribution >= 0.6 is 0 Å². The second-order valence-corrected chi connectivity index (χ2v) is 7.82. The van der Waals surface area contributed by atoms with Crippen LogP contribution in [0.25, 0.3) is 0 Å². The Morgan fingerprint density at radius 1 is 1.20 bits per heavy atom. The van der Waals surface area contributed by atoms with Crippen molar-refractivity contribution < 1.29 is 10.9 Å². The maximum atomic E-state index is 12.3. The first-order valence-corrected chi connectivity index (χ1v) is 10.7. The van der Waals surface area contributed by atoms with Crippen molar-refractivity contribution in [2.45, 2.75) is 45.7 Å². The van der Waals surface area contributed by atoms with Crippen LogP contribution in [0.15, 0.2) is 24.3 Å². The molecule has 2 aliphatic heterocycles. The van der Waals surface area contributed by atoms with Crippen LogP contribution in [-0.2, 0) is 17.9 Å². The van der Waals surface area contributed by atoms with E-state index in [9.17, 15) is 4.79 Å². The van der Waals surface area contributed by atoms with Crippen LogP contribution in [-0.4, -0.2) is 47.0 Å². The molecule has 160 valence electrons. The Kier molecular flexibility index (Phi) is 5.92. The number of anilines is 3. The number of ether oxygens (including phenoxy) is 1. The molecule has 1 atom stereocenters. The fourth-order valence-corrected chi connectivity index (χ4v) is 3.75. The largest absolute Gasteiger partial charge is 0.463 e. The van der Waals surface area contributed by atoms with Gasteiger partial charge in [-0.3, -0.25) is 9.69 Å². The Hall–Kier alpha value is -2.87. The van der Waals surface area contributed by atoms with Gasteiger partial charge in [0.1, 0.15) is 5.69 Å². The van der Waals surface area contributed by atoms with E-state index >= 15 is 0 Å². The number of nitrogens with two attached hydrogens (primary N) is 1. The van der Waals surface area contributed by atoms with Crippen molar-refractivity contribution in [3.8, 4) is 6.01 Å². The molecule has 8 heteroatoms. The summed E-state index contributed by atoms with van der Waals surface area (Å²) in [4.78, 5) is 25.0. The zero-order valence-corrected chi connectivity index (χ0v) is 17.4. The summed E-state index contributed by atoms with van der Waals surface area (Å²) in [6, 6.07) is 8.21. The molecule has 1 unspecified atom stereocenters. The van der Waals surface area contributed by atoms with E-state index in [1.54, 1.807) is 4.90 Å². The summed E-state index contributed by atoms with van der Waals surface area (Å²) >= 11 is 0. The molecule has 2 aromatic rings. The summed E-state index contributed by atoms with van der Waals surface area (Å²) in [5.74, 6) is 0.313. The first kappa shape index (κ1) is 19.1. The molecule has 1 fully saturated rings. The van der Waals surface area contributed by atoms with Crippen LogP contribution in [0.1, 0.15) is 45.1 Å². The number of nitrogens with zero attached hydrogens (tertiary/aromatic N) is 4. The molecule has 0 saturated carbocycles. The van der Waals surface area contributed by atoms with Crippen LogP contribution in [0.5, 0.6) is 6.01 Å². The Morgan fingerprint density at radius 2 is 1.93 bits per heavy atom. The summed E-state index contributed by atoms with van der Waals surface area (Å²) in [7, 11) is 0. The van der Waals surface area contributed by atoms with Gasteiger partial charge < -0.3 is 20.7 Å². The van der Waals surface area contributed by atoms with Crippen molar-refractivity contribution in [1.29, 1.82) is 0 Å². The molecule has 0 aliphatic carbocycles. The summed E-state index contributed by atoms with van der Waals surface area (Å²) in [6.07, 6.45) is 4.40. The third kappa shape index (κ3) is 4.81. The molecular weight excluding hydrogens is 380 g/mol. The maximum absolute atomic E-state index is 12.3. The molecule has 30 heavy (non-hydrogen) atoms. The first-order chi connectivity index (χ1) is 15.0. The number of amides is 1. The Morgan fingerprint density at radius 3 is 2.67 bits per heavy atom. The molecule has 3 heterocycles. The number of unbranched alkanes of at least 4 members (excludes halogenated alkanes) is 1. The quantitative estimate of drug-likeness (QED) is 0.645. The highest BCUT2D eigenvalue weighted by Gasteiger charge is 2.27. The van der Waals surface area contributed by atoms with Crippen molar-refractivity contribution in [3.63, 3.8) is 0 Å². The van der Waals surface area contributed by atoms with Gasteiger partial charge in [0.15, 0.2) is 11.6 Å². The lowest BCUT2D eigenvalue weighted by atomic mass is 10.1. The lowest BCUT2D eigenvalue weighted by Crippen LogP contribution is -2.39. The number of hydrogen-bond acceptors (Lipinski definition) is 7. The van der Waals surface area contributed by atoms with Gasteiger partial charge in [-0.05, 0) is 43.5 Å². The van der Waals surface area contributed by atoms with E-state index in [-0.39, 0.29) is 24.3 Å². The SMILES string of the molecule is [2H]C(c1ccc(CN2CCCC2)cc1)N1CC(=O)Nc2c(N)nc(OCCCC)nc21. The fourth-order valence-electron chi connectivity index (χ4n) is 3.75. The third-order valence-electron chi connectivity index (χ3n) is 5.37. The average Bonchev–Trinajstić information content (AvgIpc) is 3.27. The highest BCUT2D eigenvalue weighted by molar-refractivity contribution is 6.03. The summed E-state index contributed by atoms with van der Waals surface area (Å²) in [5, 5.41) is 2.73. The van der Waals surface area contributed by atoms with Gasteiger partial charge in [-0.15, -0.1) is 0 Å². The van der Waals surface area contributed by atoms with E-state index in [2.05, 4.69) is 39.2 Å². The van der Waals surface area contributed by atoms with Crippen molar-refractivity contribution in [1.82, 2.24) is 14.9 Å². The predicted octanol–water partition coefficient (Wildman–Crippen LogP) is 2.79. The molecule has 1 amide bonds. The van der Waals surface area contributed by atoms with E-state index < -0.39 is 6.52 Å². The summed E-state index contributed by atoms with van der Waals surface area (Å²) < 4.78 is 14.5. The molecule has 8 nitrogen and oxygen atoms in total. The fraction of sp³-hybridized carbons (Fsp3) is 0.500. The molecule has 0 bridgehead atoms. The number of benzene rings is 1. The standard InChI is InChI=1S/C22H30N6O2/c1-2-3-12-30-22-25-20(23)19-21(26-22)28(15-18(29)24-19)14-17-8-6-16(7-9-17)13-27-10-4-5-11-27/h6-9H,2-5,10-15H2,1H3,(H,24,29)(H2,23,25,26)/i14D.